The van der Waals surface area contributed by atoms with Gasteiger partial charge in [-0.15, -0.1) is 11.3 Å². The molecular weight excluding hydrogens is 192 g/mol. The number of nitrogens with zero attached hydrogens (tertiary/aromatic N) is 2. The van der Waals surface area contributed by atoms with Crippen LogP contribution in [0.15, 0.2) is 17.6 Å². The van der Waals surface area contributed by atoms with Gasteiger partial charge in [0.15, 0.2) is 0 Å². The molecule has 2 aromatic rings. The van der Waals surface area contributed by atoms with E-state index in [0.29, 0.717) is 11.5 Å². The van der Waals surface area contributed by atoms with Crippen molar-refractivity contribution in [3.05, 3.63) is 28.8 Å². The molecule has 0 amide bonds. The molecule has 0 saturated carbocycles. The summed E-state index contributed by atoms with van der Waals surface area (Å²) in [4.78, 5) is 4.32. The van der Waals surface area contributed by atoms with E-state index in [0.717, 1.165) is 10.2 Å². The zero-order valence-corrected chi connectivity index (χ0v) is 8.93. The second kappa shape index (κ2) is 3.39. The van der Waals surface area contributed by atoms with E-state index in [1.54, 1.807) is 17.5 Å². The van der Waals surface area contributed by atoms with Gasteiger partial charge in [0, 0.05) is 6.20 Å². The first kappa shape index (κ1) is 9.17. The molecule has 70 valence electrons. The average molecular weight is 202 g/mol. The maximum atomic E-state index is 8.73. The highest BCUT2D eigenvalue weighted by atomic mass is 32.1. The van der Waals surface area contributed by atoms with Crippen LogP contribution in [0.1, 0.15) is 30.9 Å². The normalized spacial score (nSPS) is 10.7. The molecule has 0 aliphatic rings. The molecular formula is C11H10N2S. The van der Waals surface area contributed by atoms with E-state index in [1.165, 1.54) is 5.56 Å². The Balaban J connectivity index is 2.67. The Bertz CT molecular complexity index is 505. The Morgan fingerprint density at radius 1 is 1.50 bits per heavy atom. The van der Waals surface area contributed by atoms with E-state index in [1.807, 2.05) is 6.07 Å². The molecule has 0 aliphatic carbocycles. The monoisotopic (exact) mass is 202 g/mol. The predicted molar refractivity (Wildman–Crippen MR) is 58.4 cm³/mol. The molecule has 0 aliphatic heterocycles. The van der Waals surface area contributed by atoms with Gasteiger partial charge < -0.3 is 0 Å². The predicted octanol–water partition coefficient (Wildman–Crippen LogP) is 3.29. The fraction of sp³-hybridized carbons (Fsp3) is 0.273. The molecule has 0 aromatic carbocycles. The Morgan fingerprint density at radius 3 is 2.93 bits per heavy atom. The Kier molecular flexibility index (Phi) is 2.22. The fourth-order valence-electron chi connectivity index (χ4n) is 1.40. The number of aromatic nitrogens is 1. The summed E-state index contributed by atoms with van der Waals surface area (Å²) >= 11 is 1.66. The molecule has 0 spiro atoms. The fourth-order valence-corrected chi connectivity index (χ4v) is 2.52. The highest BCUT2D eigenvalue weighted by Crippen LogP contribution is 2.29. The summed E-state index contributed by atoms with van der Waals surface area (Å²) < 4.78 is 1.10. The zero-order valence-electron chi connectivity index (χ0n) is 8.11. The van der Waals surface area contributed by atoms with Gasteiger partial charge in [-0.2, -0.15) is 5.26 Å². The first-order valence-electron chi connectivity index (χ1n) is 4.49. The molecule has 0 N–H and O–H groups in total. The van der Waals surface area contributed by atoms with Crippen LogP contribution in [0.2, 0.25) is 0 Å². The lowest BCUT2D eigenvalue weighted by Crippen LogP contribution is -1.86. The van der Waals surface area contributed by atoms with Crippen molar-refractivity contribution in [1.82, 2.24) is 4.98 Å². The Morgan fingerprint density at radius 2 is 2.29 bits per heavy atom. The molecule has 2 heterocycles. The van der Waals surface area contributed by atoms with Crippen molar-refractivity contribution in [3.8, 4) is 6.07 Å². The van der Waals surface area contributed by atoms with Gasteiger partial charge in [-0.05, 0) is 22.9 Å². The maximum Gasteiger partial charge on any atom is 0.101 e. The summed E-state index contributed by atoms with van der Waals surface area (Å²) in [5, 5.41) is 10.9. The van der Waals surface area contributed by atoms with Gasteiger partial charge in [0.25, 0.3) is 0 Å². The van der Waals surface area contributed by atoms with Crippen molar-refractivity contribution in [3.63, 3.8) is 0 Å². The van der Waals surface area contributed by atoms with Crippen LogP contribution in [0.3, 0.4) is 0 Å². The van der Waals surface area contributed by atoms with Gasteiger partial charge in [0.2, 0.25) is 0 Å². The first-order chi connectivity index (χ1) is 6.72. The van der Waals surface area contributed by atoms with E-state index >= 15 is 0 Å². The second-order valence-corrected chi connectivity index (χ2v) is 4.44. The van der Waals surface area contributed by atoms with Gasteiger partial charge in [-0.25, -0.2) is 0 Å². The lowest BCUT2D eigenvalue weighted by atomic mass is 10.1. The second-order valence-electron chi connectivity index (χ2n) is 3.53. The van der Waals surface area contributed by atoms with E-state index < -0.39 is 0 Å². The highest BCUT2D eigenvalue weighted by Gasteiger charge is 2.08. The van der Waals surface area contributed by atoms with Gasteiger partial charge in [-0.1, -0.05) is 13.8 Å². The summed E-state index contributed by atoms with van der Waals surface area (Å²) in [6, 6.07) is 4.00. The van der Waals surface area contributed by atoms with Crippen molar-refractivity contribution in [2.75, 3.05) is 0 Å². The van der Waals surface area contributed by atoms with E-state index in [9.17, 15) is 0 Å². The molecule has 2 aromatic heterocycles. The molecule has 2 rings (SSSR count). The smallest absolute Gasteiger partial charge is 0.101 e. The number of thiophene rings is 1. The Hall–Kier alpha value is -1.40. The van der Waals surface area contributed by atoms with Crippen molar-refractivity contribution in [1.29, 1.82) is 5.26 Å². The van der Waals surface area contributed by atoms with Crippen molar-refractivity contribution in [2.45, 2.75) is 19.8 Å². The van der Waals surface area contributed by atoms with Crippen LogP contribution in [-0.2, 0) is 0 Å². The van der Waals surface area contributed by atoms with Gasteiger partial charge in [0.1, 0.15) is 6.07 Å². The third-order valence-corrected chi connectivity index (χ3v) is 3.13. The summed E-state index contributed by atoms with van der Waals surface area (Å²) in [6.07, 6.45) is 1.64. The number of hydrogen-bond donors (Lipinski definition) is 0. The summed E-state index contributed by atoms with van der Waals surface area (Å²) in [5.41, 5.74) is 2.95. The van der Waals surface area contributed by atoms with E-state index in [-0.39, 0.29) is 0 Å². The number of fused-ring (bicyclic) bond motifs is 1. The molecule has 0 fully saturated rings. The standard InChI is InChI=1S/C11H10N2S/c1-7(2)9-6-14-10-3-8(4-12)5-13-11(9)10/h3,5-7H,1-2H3. The van der Waals surface area contributed by atoms with Crippen LogP contribution in [0.5, 0.6) is 0 Å². The molecule has 3 heteroatoms. The van der Waals surface area contributed by atoms with Crippen molar-refractivity contribution >= 4 is 21.6 Å². The van der Waals surface area contributed by atoms with Gasteiger partial charge in [0.05, 0.1) is 15.8 Å². The summed E-state index contributed by atoms with van der Waals surface area (Å²) in [7, 11) is 0. The van der Waals surface area contributed by atoms with Gasteiger partial charge in [-0.3, -0.25) is 4.98 Å². The molecule has 14 heavy (non-hydrogen) atoms. The first-order valence-corrected chi connectivity index (χ1v) is 5.37. The third kappa shape index (κ3) is 1.38. The van der Waals surface area contributed by atoms with Crippen molar-refractivity contribution < 1.29 is 0 Å². The molecule has 0 bridgehead atoms. The molecule has 0 saturated heterocycles. The van der Waals surface area contributed by atoms with E-state index in [2.05, 4.69) is 30.3 Å². The van der Waals surface area contributed by atoms with Crippen LogP contribution in [0.4, 0.5) is 0 Å². The Labute approximate surface area is 86.8 Å². The van der Waals surface area contributed by atoms with Crippen LogP contribution in [-0.4, -0.2) is 4.98 Å². The minimum atomic E-state index is 0.490. The largest absolute Gasteiger partial charge is 0.254 e. The SMILES string of the molecule is CC(C)c1csc2cc(C#N)cnc12. The third-order valence-electron chi connectivity index (χ3n) is 2.19. The quantitative estimate of drug-likeness (QED) is 0.711. The van der Waals surface area contributed by atoms with Crippen LogP contribution in [0.25, 0.3) is 10.2 Å². The van der Waals surface area contributed by atoms with Gasteiger partial charge >= 0.3 is 0 Å². The minimum absolute atomic E-state index is 0.490. The molecule has 0 unspecified atom stereocenters. The lowest BCUT2D eigenvalue weighted by molar-refractivity contribution is 0.877. The number of rotatable bonds is 1. The molecule has 0 atom stereocenters. The van der Waals surface area contributed by atoms with Crippen LogP contribution in [0, 0.1) is 11.3 Å². The lowest BCUT2D eigenvalue weighted by Gasteiger charge is -2.00. The zero-order chi connectivity index (χ0) is 10.1. The number of pyridine rings is 1. The number of hydrogen-bond acceptors (Lipinski definition) is 3. The summed E-state index contributed by atoms with van der Waals surface area (Å²) in [6.45, 7) is 4.31. The summed E-state index contributed by atoms with van der Waals surface area (Å²) in [5.74, 6) is 0.490. The maximum absolute atomic E-state index is 8.73. The molecule has 2 nitrogen and oxygen atoms in total. The minimum Gasteiger partial charge on any atom is -0.254 e. The molecule has 0 radical (unpaired) electrons. The average Bonchev–Trinajstić information content (AvgIpc) is 2.59. The van der Waals surface area contributed by atoms with Crippen LogP contribution < -0.4 is 0 Å². The van der Waals surface area contributed by atoms with E-state index in [4.69, 9.17) is 5.26 Å². The van der Waals surface area contributed by atoms with Crippen LogP contribution >= 0.6 is 11.3 Å². The number of nitriles is 1. The van der Waals surface area contributed by atoms with Crippen molar-refractivity contribution in [2.24, 2.45) is 0 Å². The highest BCUT2D eigenvalue weighted by molar-refractivity contribution is 7.17. The topological polar surface area (TPSA) is 36.7 Å².